The Bertz CT molecular complexity index is 246. The van der Waals surface area contributed by atoms with E-state index in [0.29, 0.717) is 6.04 Å². The van der Waals surface area contributed by atoms with E-state index in [0.717, 1.165) is 25.9 Å². The van der Waals surface area contributed by atoms with E-state index in [4.69, 9.17) is 5.90 Å². The lowest BCUT2D eigenvalue weighted by molar-refractivity contribution is -0.137. The number of hydrogen-bond donors (Lipinski definition) is 1. The van der Waals surface area contributed by atoms with Gasteiger partial charge >= 0.3 is 0 Å². The molecule has 0 unspecified atom stereocenters. The van der Waals surface area contributed by atoms with Crippen molar-refractivity contribution >= 4 is 5.91 Å². The molecule has 0 saturated carbocycles. The molecule has 2 N–H and O–H groups in total. The van der Waals surface area contributed by atoms with E-state index in [9.17, 15) is 4.79 Å². The molecule has 5 nitrogen and oxygen atoms in total. The normalized spacial score (nSPS) is 23.9. The predicted molar refractivity (Wildman–Crippen MR) is 65.2 cm³/mol. The number of carbonyl (C=O) groups excluding carboxylic acids is 1. The fourth-order valence-electron chi connectivity index (χ4n) is 2.93. The zero-order valence-corrected chi connectivity index (χ0v) is 10.4. The Morgan fingerprint density at radius 2 is 1.76 bits per heavy atom. The number of carbonyl (C=O) groups is 1. The van der Waals surface area contributed by atoms with Crippen LogP contribution in [0.1, 0.15) is 32.1 Å². The van der Waals surface area contributed by atoms with E-state index >= 15 is 0 Å². The summed E-state index contributed by atoms with van der Waals surface area (Å²) in [6.45, 7) is 4.19. The summed E-state index contributed by atoms with van der Waals surface area (Å²) in [7, 11) is 0. The first kappa shape index (κ1) is 12.8. The van der Waals surface area contributed by atoms with Gasteiger partial charge in [-0.3, -0.25) is 9.63 Å². The number of rotatable bonds is 3. The minimum Gasteiger partial charge on any atom is -0.341 e. The molecule has 2 fully saturated rings. The van der Waals surface area contributed by atoms with Crippen LogP contribution in [0.5, 0.6) is 0 Å². The summed E-state index contributed by atoms with van der Waals surface area (Å²) in [5, 5.41) is 0. The van der Waals surface area contributed by atoms with E-state index < -0.39 is 0 Å². The van der Waals surface area contributed by atoms with Gasteiger partial charge in [0.2, 0.25) is 0 Å². The molecule has 0 atom stereocenters. The van der Waals surface area contributed by atoms with E-state index in [1.165, 1.54) is 32.4 Å². The smallest absolute Gasteiger partial charge is 0.250 e. The second-order valence-electron chi connectivity index (χ2n) is 5.02. The Kier molecular flexibility index (Phi) is 4.76. The molecule has 0 radical (unpaired) electrons. The van der Waals surface area contributed by atoms with Crippen LogP contribution in [0.4, 0.5) is 0 Å². The van der Waals surface area contributed by atoms with Crippen molar-refractivity contribution in [1.82, 2.24) is 9.80 Å². The van der Waals surface area contributed by atoms with Crippen molar-refractivity contribution in [3.63, 3.8) is 0 Å². The van der Waals surface area contributed by atoms with Gasteiger partial charge in [-0.25, -0.2) is 5.90 Å². The number of amides is 1. The fraction of sp³-hybridized carbons (Fsp3) is 0.917. The lowest BCUT2D eigenvalue weighted by Crippen LogP contribution is -2.49. The lowest BCUT2D eigenvalue weighted by Gasteiger charge is -2.40. The number of nitrogens with two attached hydrogens (primary N) is 1. The monoisotopic (exact) mass is 241 g/mol. The maximum Gasteiger partial charge on any atom is 0.250 e. The van der Waals surface area contributed by atoms with Crippen LogP contribution in [0.25, 0.3) is 0 Å². The topological polar surface area (TPSA) is 58.8 Å². The molecule has 2 saturated heterocycles. The van der Waals surface area contributed by atoms with Gasteiger partial charge in [-0.1, -0.05) is 6.42 Å². The molecule has 0 spiro atoms. The summed E-state index contributed by atoms with van der Waals surface area (Å²) in [5.74, 6) is 4.94. The first-order valence-electron chi connectivity index (χ1n) is 6.65. The Balaban J connectivity index is 1.75. The average Bonchev–Trinajstić information content (AvgIpc) is 2.40. The van der Waals surface area contributed by atoms with E-state index in [1.807, 2.05) is 4.90 Å². The van der Waals surface area contributed by atoms with Crippen LogP contribution in [0.3, 0.4) is 0 Å². The number of nitrogens with zero attached hydrogens (tertiary/aromatic N) is 2. The molecule has 0 aromatic heterocycles. The minimum absolute atomic E-state index is 0.00831. The maximum atomic E-state index is 11.6. The van der Waals surface area contributed by atoms with Gasteiger partial charge in [0.05, 0.1) is 0 Å². The van der Waals surface area contributed by atoms with Crippen LogP contribution in [-0.4, -0.2) is 54.5 Å². The second kappa shape index (κ2) is 6.33. The highest BCUT2D eigenvalue weighted by atomic mass is 16.6. The molecule has 1 amide bonds. The van der Waals surface area contributed by atoms with E-state index in [2.05, 4.69) is 9.74 Å². The largest absolute Gasteiger partial charge is 0.341 e. The minimum atomic E-state index is 0.00831. The average molecular weight is 241 g/mol. The van der Waals surface area contributed by atoms with Gasteiger partial charge in [0.25, 0.3) is 5.91 Å². The number of likely N-dealkylation sites (tertiary alicyclic amines) is 2. The van der Waals surface area contributed by atoms with Gasteiger partial charge in [0.15, 0.2) is 0 Å². The molecular weight excluding hydrogens is 218 g/mol. The van der Waals surface area contributed by atoms with Crippen LogP contribution >= 0.6 is 0 Å². The molecule has 5 heteroatoms. The first-order valence-corrected chi connectivity index (χ1v) is 6.65. The van der Waals surface area contributed by atoms with Gasteiger partial charge in [-0.15, -0.1) is 0 Å². The summed E-state index contributed by atoms with van der Waals surface area (Å²) >= 11 is 0. The van der Waals surface area contributed by atoms with Gasteiger partial charge in [0.1, 0.15) is 6.61 Å². The molecule has 98 valence electrons. The van der Waals surface area contributed by atoms with E-state index in [-0.39, 0.29) is 12.5 Å². The molecule has 17 heavy (non-hydrogen) atoms. The molecule has 2 aliphatic rings. The zero-order valence-electron chi connectivity index (χ0n) is 10.4. The Morgan fingerprint density at radius 1 is 1.12 bits per heavy atom. The molecule has 2 heterocycles. The van der Waals surface area contributed by atoms with Crippen molar-refractivity contribution in [2.75, 3.05) is 32.8 Å². The summed E-state index contributed by atoms with van der Waals surface area (Å²) in [6.07, 6.45) is 6.23. The van der Waals surface area contributed by atoms with Crippen molar-refractivity contribution < 1.29 is 9.63 Å². The van der Waals surface area contributed by atoms with Gasteiger partial charge in [-0.2, -0.15) is 0 Å². The summed E-state index contributed by atoms with van der Waals surface area (Å²) in [5.41, 5.74) is 0. The summed E-state index contributed by atoms with van der Waals surface area (Å²) < 4.78 is 0. The molecule has 0 aliphatic carbocycles. The van der Waals surface area contributed by atoms with Crippen LogP contribution in [0, 0.1) is 0 Å². The van der Waals surface area contributed by atoms with Gasteiger partial charge < -0.3 is 9.80 Å². The zero-order chi connectivity index (χ0) is 12.1. The summed E-state index contributed by atoms with van der Waals surface area (Å²) in [6, 6.07) is 0.679. The molecule has 2 aliphatic heterocycles. The fourth-order valence-corrected chi connectivity index (χ4v) is 2.93. The van der Waals surface area contributed by atoms with Crippen LogP contribution in [-0.2, 0) is 9.63 Å². The van der Waals surface area contributed by atoms with Crippen LogP contribution < -0.4 is 5.90 Å². The Morgan fingerprint density at radius 3 is 2.35 bits per heavy atom. The highest BCUT2D eigenvalue weighted by Crippen LogP contribution is 2.20. The summed E-state index contributed by atoms with van der Waals surface area (Å²) in [4.78, 5) is 20.5. The van der Waals surface area contributed by atoms with Crippen molar-refractivity contribution in [3.8, 4) is 0 Å². The third kappa shape index (κ3) is 3.40. The van der Waals surface area contributed by atoms with Gasteiger partial charge in [-0.05, 0) is 38.8 Å². The standard InChI is InChI=1S/C12H23N3O2/c13-17-10-12(16)15-8-4-11(5-9-15)14-6-2-1-3-7-14/h11H,1-10,13H2. The third-order valence-corrected chi connectivity index (χ3v) is 3.93. The Hall–Kier alpha value is -0.650. The highest BCUT2D eigenvalue weighted by molar-refractivity contribution is 5.77. The SMILES string of the molecule is NOCC(=O)N1CCC(N2CCCCC2)CC1. The molecule has 0 aromatic rings. The van der Waals surface area contributed by atoms with Crippen molar-refractivity contribution in [2.24, 2.45) is 5.90 Å². The molecule has 0 bridgehead atoms. The van der Waals surface area contributed by atoms with Crippen LogP contribution in [0.2, 0.25) is 0 Å². The predicted octanol–water partition coefficient (Wildman–Crippen LogP) is 0.354. The molecule has 2 rings (SSSR count). The quantitative estimate of drug-likeness (QED) is 0.725. The maximum absolute atomic E-state index is 11.6. The number of hydrogen-bond acceptors (Lipinski definition) is 4. The van der Waals surface area contributed by atoms with Crippen LogP contribution in [0.15, 0.2) is 0 Å². The molecule has 0 aromatic carbocycles. The van der Waals surface area contributed by atoms with E-state index in [1.54, 1.807) is 0 Å². The van der Waals surface area contributed by atoms with Crippen molar-refractivity contribution in [3.05, 3.63) is 0 Å². The Labute approximate surface area is 103 Å². The van der Waals surface area contributed by atoms with Gasteiger partial charge in [0, 0.05) is 19.1 Å². The second-order valence-corrected chi connectivity index (χ2v) is 5.02. The van der Waals surface area contributed by atoms with Crippen molar-refractivity contribution in [2.45, 2.75) is 38.1 Å². The third-order valence-electron chi connectivity index (χ3n) is 3.93. The highest BCUT2D eigenvalue weighted by Gasteiger charge is 2.27. The number of piperidine rings is 2. The first-order chi connectivity index (χ1) is 8.31. The van der Waals surface area contributed by atoms with Crippen molar-refractivity contribution in [1.29, 1.82) is 0 Å². The molecular formula is C12H23N3O2. The lowest BCUT2D eigenvalue weighted by atomic mass is 10.00.